The van der Waals surface area contributed by atoms with E-state index in [-0.39, 0.29) is 5.41 Å². The van der Waals surface area contributed by atoms with Crippen LogP contribution in [0.15, 0.2) is 6.20 Å². The van der Waals surface area contributed by atoms with Gasteiger partial charge in [0.25, 0.3) is 0 Å². The van der Waals surface area contributed by atoms with E-state index in [2.05, 4.69) is 32.7 Å². The van der Waals surface area contributed by atoms with Gasteiger partial charge in [0, 0.05) is 23.6 Å². The van der Waals surface area contributed by atoms with Crippen molar-refractivity contribution < 1.29 is 4.74 Å². The molecular weight excluding hydrogens is 186 g/mol. The third-order valence-electron chi connectivity index (χ3n) is 3.48. The number of aryl methyl sites for hydroxylation is 1. The molecule has 0 aromatic carbocycles. The van der Waals surface area contributed by atoms with Crippen molar-refractivity contribution in [3.05, 3.63) is 23.0 Å². The van der Waals surface area contributed by atoms with Gasteiger partial charge in [-0.15, -0.1) is 0 Å². The van der Waals surface area contributed by atoms with Crippen LogP contribution in [0.4, 0.5) is 0 Å². The molecular formula is C13H19NO. The molecule has 0 saturated heterocycles. The normalized spacial score (nSPS) is 14.9. The van der Waals surface area contributed by atoms with Gasteiger partial charge in [0.2, 0.25) is 0 Å². The SMILES string of the molecule is CCC(C)(C)c1ncc(C)c2c1OCC2. The summed E-state index contributed by atoms with van der Waals surface area (Å²) in [5.74, 6) is 1.06. The minimum absolute atomic E-state index is 0.113. The van der Waals surface area contributed by atoms with Gasteiger partial charge in [-0.3, -0.25) is 4.98 Å². The molecule has 0 spiro atoms. The maximum atomic E-state index is 5.74. The Hall–Kier alpha value is -1.05. The quantitative estimate of drug-likeness (QED) is 0.740. The number of ether oxygens (including phenoxy) is 1. The van der Waals surface area contributed by atoms with Crippen molar-refractivity contribution in [3.8, 4) is 5.75 Å². The van der Waals surface area contributed by atoms with Gasteiger partial charge < -0.3 is 4.74 Å². The number of nitrogens with zero attached hydrogens (tertiary/aromatic N) is 1. The summed E-state index contributed by atoms with van der Waals surface area (Å²) in [5.41, 5.74) is 3.87. The van der Waals surface area contributed by atoms with Crippen molar-refractivity contribution in [2.24, 2.45) is 0 Å². The summed E-state index contributed by atoms with van der Waals surface area (Å²) in [7, 11) is 0. The first kappa shape index (κ1) is 10.5. The predicted molar refractivity (Wildman–Crippen MR) is 61.5 cm³/mol. The molecule has 0 amide bonds. The highest BCUT2D eigenvalue weighted by molar-refractivity contribution is 5.46. The Balaban J connectivity index is 2.55. The number of hydrogen-bond acceptors (Lipinski definition) is 2. The van der Waals surface area contributed by atoms with Crippen molar-refractivity contribution in [1.29, 1.82) is 0 Å². The van der Waals surface area contributed by atoms with Crippen LogP contribution in [0.5, 0.6) is 5.75 Å². The topological polar surface area (TPSA) is 22.1 Å². The molecule has 2 heterocycles. The van der Waals surface area contributed by atoms with E-state index in [1.807, 2.05) is 6.20 Å². The Bertz CT molecular complexity index is 382. The largest absolute Gasteiger partial charge is 0.491 e. The van der Waals surface area contributed by atoms with Crippen molar-refractivity contribution in [1.82, 2.24) is 4.98 Å². The third-order valence-corrected chi connectivity index (χ3v) is 3.48. The lowest BCUT2D eigenvalue weighted by atomic mass is 9.84. The zero-order valence-electron chi connectivity index (χ0n) is 10.1. The second-order valence-electron chi connectivity index (χ2n) is 4.93. The van der Waals surface area contributed by atoms with Crippen LogP contribution in [0.2, 0.25) is 0 Å². The third kappa shape index (κ3) is 1.62. The fraction of sp³-hybridized carbons (Fsp3) is 0.615. The van der Waals surface area contributed by atoms with Crippen molar-refractivity contribution in [2.75, 3.05) is 6.61 Å². The molecule has 0 aliphatic carbocycles. The number of aromatic nitrogens is 1. The molecule has 1 aliphatic rings. The van der Waals surface area contributed by atoms with Crippen molar-refractivity contribution >= 4 is 0 Å². The van der Waals surface area contributed by atoms with E-state index < -0.39 is 0 Å². The highest BCUT2D eigenvalue weighted by Crippen LogP contribution is 2.38. The van der Waals surface area contributed by atoms with Crippen LogP contribution in [0, 0.1) is 6.92 Å². The molecule has 0 radical (unpaired) electrons. The maximum Gasteiger partial charge on any atom is 0.144 e. The standard InChI is InChI=1S/C13H19NO/c1-5-13(3,4)12-11-10(6-7-15-11)9(2)8-14-12/h8H,5-7H2,1-4H3. The molecule has 0 saturated carbocycles. The molecule has 1 aromatic rings. The molecule has 0 bridgehead atoms. The zero-order chi connectivity index (χ0) is 11.1. The van der Waals surface area contributed by atoms with E-state index >= 15 is 0 Å². The van der Waals surface area contributed by atoms with E-state index in [9.17, 15) is 0 Å². The average Bonchev–Trinajstić information content (AvgIpc) is 2.67. The van der Waals surface area contributed by atoms with E-state index in [0.29, 0.717) is 0 Å². The molecule has 82 valence electrons. The van der Waals surface area contributed by atoms with E-state index in [1.165, 1.54) is 11.1 Å². The van der Waals surface area contributed by atoms with Gasteiger partial charge in [0.05, 0.1) is 12.3 Å². The van der Waals surface area contributed by atoms with Crippen molar-refractivity contribution in [2.45, 2.75) is 46.0 Å². The number of fused-ring (bicyclic) bond motifs is 1. The number of pyridine rings is 1. The summed E-state index contributed by atoms with van der Waals surface area (Å²) in [6.07, 6.45) is 4.11. The first-order valence-electron chi connectivity index (χ1n) is 5.68. The summed E-state index contributed by atoms with van der Waals surface area (Å²) >= 11 is 0. The van der Waals surface area contributed by atoms with Crippen LogP contribution in [0.3, 0.4) is 0 Å². The molecule has 15 heavy (non-hydrogen) atoms. The highest BCUT2D eigenvalue weighted by atomic mass is 16.5. The summed E-state index contributed by atoms with van der Waals surface area (Å²) in [6.45, 7) is 9.58. The first-order valence-corrected chi connectivity index (χ1v) is 5.68. The molecule has 1 aliphatic heterocycles. The van der Waals surface area contributed by atoms with Crippen LogP contribution in [0.1, 0.15) is 44.0 Å². The monoisotopic (exact) mass is 205 g/mol. The Labute approximate surface area is 91.7 Å². The Morgan fingerprint density at radius 2 is 2.20 bits per heavy atom. The van der Waals surface area contributed by atoms with Crippen LogP contribution in [-0.4, -0.2) is 11.6 Å². The Kier molecular flexibility index (Phi) is 2.45. The Morgan fingerprint density at radius 1 is 1.47 bits per heavy atom. The van der Waals surface area contributed by atoms with Crippen LogP contribution in [-0.2, 0) is 11.8 Å². The van der Waals surface area contributed by atoms with Crippen LogP contribution >= 0.6 is 0 Å². The molecule has 1 aromatic heterocycles. The van der Waals surface area contributed by atoms with Crippen LogP contribution < -0.4 is 4.74 Å². The average molecular weight is 205 g/mol. The van der Waals surface area contributed by atoms with E-state index in [4.69, 9.17) is 4.74 Å². The van der Waals surface area contributed by atoms with Gasteiger partial charge >= 0.3 is 0 Å². The minimum Gasteiger partial charge on any atom is -0.491 e. The molecule has 0 N–H and O–H groups in total. The molecule has 0 atom stereocenters. The van der Waals surface area contributed by atoms with E-state index in [0.717, 1.165) is 30.9 Å². The lowest BCUT2D eigenvalue weighted by Gasteiger charge is -2.24. The smallest absolute Gasteiger partial charge is 0.144 e. The van der Waals surface area contributed by atoms with E-state index in [1.54, 1.807) is 0 Å². The zero-order valence-corrected chi connectivity index (χ0v) is 10.1. The first-order chi connectivity index (χ1) is 7.06. The van der Waals surface area contributed by atoms with Gasteiger partial charge in [0.1, 0.15) is 5.75 Å². The van der Waals surface area contributed by atoms with Gasteiger partial charge in [-0.2, -0.15) is 0 Å². The van der Waals surface area contributed by atoms with Gasteiger partial charge in [-0.05, 0) is 18.9 Å². The Morgan fingerprint density at radius 3 is 2.87 bits per heavy atom. The molecule has 2 nitrogen and oxygen atoms in total. The van der Waals surface area contributed by atoms with Crippen LogP contribution in [0.25, 0.3) is 0 Å². The lowest BCUT2D eigenvalue weighted by Crippen LogP contribution is -2.18. The lowest BCUT2D eigenvalue weighted by molar-refractivity contribution is 0.339. The van der Waals surface area contributed by atoms with Gasteiger partial charge in [-0.25, -0.2) is 0 Å². The molecule has 0 fully saturated rings. The maximum absolute atomic E-state index is 5.74. The number of rotatable bonds is 2. The summed E-state index contributed by atoms with van der Waals surface area (Å²) in [5, 5.41) is 0. The van der Waals surface area contributed by atoms with Gasteiger partial charge in [0.15, 0.2) is 0 Å². The highest BCUT2D eigenvalue weighted by Gasteiger charge is 2.29. The predicted octanol–water partition coefficient (Wildman–Crippen LogP) is 3.01. The fourth-order valence-electron chi connectivity index (χ4n) is 1.99. The fourth-order valence-corrected chi connectivity index (χ4v) is 1.99. The molecule has 2 rings (SSSR count). The minimum atomic E-state index is 0.113. The second-order valence-corrected chi connectivity index (χ2v) is 4.93. The molecule has 2 heteroatoms. The van der Waals surface area contributed by atoms with Gasteiger partial charge in [-0.1, -0.05) is 20.8 Å². The van der Waals surface area contributed by atoms with Crippen molar-refractivity contribution in [3.63, 3.8) is 0 Å². The molecule has 0 unspecified atom stereocenters. The summed E-state index contributed by atoms with van der Waals surface area (Å²) in [6, 6.07) is 0. The summed E-state index contributed by atoms with van der Waals surface area (Å²) < 4.78 is 5.74. The summed E-state index contributed by atoms with van der Waals surface area (Å²) in [4.78, 5) is 4.57. The number of hydrogen-bond donors (Lipinski definition) is 0. The second kappa shape index (κ2) is 3.51.